The average molecular weight is 347 g/mol. The summed E-state index contributed by atoms with van der Waals surface area (Å²) < 4.78 is 21.1. The molecule has 0 fully saturated rings. The Balaban J connectivity index is 1.58. The molecule has 0 aliphatic heterocycles. The molecular weight excluding hydrogens is 333 g/mol. The van der Waals surface area contributed by atoms with E-state index in [0.29, 0.717) is 16.9 Å². The number of hydrogen-bond acceptors (Lipinski definition) is 3. The third-order valence-corrected chi connectivity index (χ3v) is 3.91. The van der Waals surface area contributed by atoms with Gasteiger partial charge in [0.25, 0.3) is 5.91 Å². The van der Waals surface area contributed by atoms with E-state index in [9.17, 15) is 9.18 Å². The topological polar surface area (TPSA) is 60.1 Å². The molecule has 0 radical (unpaired) electrons. The summed E-state index contributed by atoms with van der Waals surface area (Å²) >= 11 is 0. The van der Waals surface area contributed by atoms with Crippen LogP contribution in [-0.2, 0) is 0 Å². The number of rotatable bonds is 4. The second-order valence-electron chi connectivity index (χ2n) is 5.60. The molecular formula is C20H14FN3O2. The smallest absolute Gasteiger partial charge is 0.292 e. The standard InChI is InChI=1S/C20H14FN3O2/c21-17-13-15(7-8-18(17)24-11-4-10-22-24)23-20(25)19-16(9-12-26-19)14-5-2-1-3-6-14/h1-13H,(H,23,25). The van der Waals surface area contributed by atoms with Gasteiger partial charge in [-0.15, -0.1) is 0 Å². The Morgan fingerprint density at radius 1 is 1.08 bits per heavy atom. The molecule has 0 unspecified atom stereocenters. The highest BCUT2D eigenvalue weighted by Gasteiger charge is 2.17. The van der Waals surface area contributed by atoms with Crippen LogP contribution in [0, 0.1) is 5.82 Å². The monoisotopic (exact) mass is 347 g/mol. The van der Waals surface area contributed by atoms with Gasteiger partial charge in [-0.3, -0.25) is 4.79 Å². The van der Waals surface area contributed by atoms with E-state index in [-0.39, 0.29) is 5.76 Å². The van der Waals surface area contributed by atoms with Crippen molar-refractivity contribution in [3.05, 3.63) is 90.9 Å². The van der Waals surface area contributed by atoms with Gasteiger partial charge in [0.15, 0.2) is 11.6 Å². The van der Waals surface area contributed by atoms with E-state index in [1.165, 1.54) is 17.0 Å². The second kappa shape index (κ2) is 6.68. The van der Waals surface area contributed by atoms with E-state index >= 15 is 0 Å². The molecule has 2 heterocycles. The summed E-state index contributed by atoms with van der Waals surface area (Å²) in [6.45, 7) is 0. The minimum absolute atomic E-state index is 0.174. The molecule has 2 aromatic carbocycles. The van der Waals surface area contributed by atoms with Crippen molar-refractivity contribution < 1.29 is 13.6 Å². The molecule has 26 heavy (non-hydrogen) atoms. The fourth-order valence-electron chi connectivity index (χ4n) is 2.70. The number of nitrogens with zero attached hydrogens (tertiary/aromatic N) is 2. The maximum absolute atomic E-state index is 14.3. The zero-order valence-corrected chi connectivity index (χ0v) is 13.6. The summed E-state index contributed by atoms with van der Waals surface area (Å²) in [5.74, 6) is -0.762. The molecule has 1 amide bonds. The van der Waals surface area contributed by atoms with E-state index in [1.807, 2.05) is 30.3 Å². The Labute approximate surface area is 148 Å². The van der Waals surface area contributed by atoms with Crippen molar-refractivity contribution in [2.75, 3.05) is 5.32 Å². The Bertz CT molecular complexity index is 1040. The second-order valence-corrected chi connectivity index (χ2v) is 5.60. The molecule has 0 saturated carbocycles. The van der Waals surface area contributed by atoms with E-state index in [4.69, 9.17) is 4.42 Å². The van der Waals surface area contributed by atoms with Gasteiger partial charge in [-0.1, -0.05) is 30.3 Å². The van der Waals surface area contributed by atoms with E-state index < -0.39 is 11.7 Å². The first-order valence-corrected chi connectivity index (χ1v) is 7.96. The van der Waals surface area contributed by atoms with Gasteiger partial charge in [0.2, 0.25) is 0 Å². The van der Waals surface area contributed by atoms with Crippen molar-refractivity contribution in [1.29, 1.82) is 0 Å². The Morgan fingerprint density at radius 3 is 2.65 bits per heavy atom. The summed E-state index contributed by atoms with van der Waals surface area (Å²) in [7, 11) is 0. The van der Waals surface area contributed by atoms with Crippen LogP contribution in [0.4, 0.5) is 10.1 Å². The predicted octanol–water partition coefficient (Wildman–Crippen LogP) is 4.52. The number of carbonyl (C=O) groups is 1. The lowest BCUT2D eigenvalue weighted by molar-refractivity contribution is 0.0997. The molecule has 2 aromatic heterocycles. The molecule has 0 spiro atoms. The van der Waals surface area contributed by atoms with Crippen LogP contribution in [0.5, 0.6) is 0 Å². The largest absolute Gasteiger partial charge is 0.459 e. The summed E-state index contributed by atoms with van der Waals surface area (Å²) in [5, 5.41) is 6.66. The summed E-state index contributed by atoms with van der Waals surface area (Å²) in [4.78, 5) is 12.5. The number of hydrogen-bond donors (Lipinski definition) is 1. The van der Waals surface area contributed by atoms with Crippen molar-refractivity contribution in [2.45, 2.75) is 0 Å². The zero-order chi connectivity index (χ0) is 17.9. The maximum atomic E-state index is 14.3. The van der Waals surface area contributed by atoms with Gasteiger partial charge in [-0.2, -0.15) is 5.10 Å². The highest BCUT2D eigenvalue weighted by atomic mass is 19.1. The molecule has 0 saturated heterocycles. The van der Waals surface area contributed by atoms with Crippen molar-refractivity contribution in [3.8, 4) is 16.8 Å². The van der Waals surface area contributed by atoms with Gasteiger partial charge >= 0.3 is 0 Å². The number of anilines is 1. The van der Waals surface area contributed by atoms with Crippen LogP contribution in [0.1, 0.15) is 10.6 Å². The number of benzene rings is 2. The third kappa shape index (κ3) is 3.00. The molecule has 0 bridgehead atoms. The van der Waals surface area contributed by atoms with Crippen LogP contribution in [0.15, 0.2) is 83.7 Å². The summed E-state index contributed by atoms with van der Waals surface area (Å²) in [5.41, 5.74) is 2.18. The Hall–Kier alpha value is -3.67. The first-order valence-electron chi connectivity index (χ1n) is 7.96. The van der Waals surface area contributed by atoms with Crippen LogP contribution in [-0.4, -0.2) is 15.7 Å². The molecule has 4 aromatic rings. The van der Waals surface area contributed by atoms with Crippen molar-refractivity contribution >= 4 is 11.6 Å². The minimum Gasteiger partial charge on any atom is -0.459 e. The molecule has 128 valence electrons. The first-order chi connectivity index (χ1) is 12.7. The van der Waals surface area contributed by atoms with Crippen molar-refractivity contribution in [3.63, 3.8) is 0 Å². The fraction of sp³-hybridized carbons (Fsp3) is 0. The van der Waals surface area contributed by atoms with Gasteiger partial charge in [-0.05, 0) is 35.9 Å². The lowest BCUT2D eigenvalue weighted by Gasteiger charge is -2.08. The van der Waals surface area contributed by atoms with E-state index in [0.717, 1.165) is 5.56 Å². The van der Waals surface area contributed by atoms with Gasteiger partial charge in [0, 0.05) is 23.6 Å². The molecule has 1 N–H and O–H groups in total. The summed E-state index contributed by atoms with van der Waals surface area (Å²) in [6.07, 6.45) is 4.67. The number of aromatic nitrogens is 2. The fourth-order valence-corrected chi connectivity index (χ4v) is 2.70. The molecule has 0 aliphatic rings. The number of amides is 1. The quantitative estimate of drug-likeness (QED) is 0.590. The van der Waals surface area contributed by atoms with Gasteiger partial charge in [0.05, 0.1) is 6.26 Å². The van der Waals surface area contributed by atoms with Crippen molar-refractivity contribution in [2.24, 2.45) is 0 Å². The van der Waals surface area contributed by atoms with Crippen LogP contribution >= 0.6 is 0 Å². The van der Waals surface area contributed by atoms with Crippen LogP contribution in [0.3, 0.4) is 0 Å². The van der Waals surface area contributed by atoms with Gasteiger partial charge in [0.1, 0.15) is 5.69 Å². The number of nitrogens with one attached hydrogen (secondary N) is 1. The highest BCUT2D eigenvalue weighted by molar-refractivity contribution is 6.06. The molecule has 4 rings (SSSR count). The Morgan fingerprint density at radius 2 is 1.92 bits per heavy atom. The number of halogens is 1. The van der Waals surface area contributed by atoms with E-state index in [1.54, 1.807) is 36.7 Å². The van der Waals surface area contributed by atoms with Gasteiger partial charge < -0.3 is 9.73 Å². The number of carbonyl (C=O) groups excluding carboxylic acids is 1. The SMILES string of the molecule is O=C(Nc1ccc(-n2cccn2)c(F)c1)c1occc1-c1ccccc1. The first kappa shape index (κ1) is 15.8. The molecule has 5 nitrogen and oxygen atoms in total. The van der Waals surface area contributed by atoms with E-state index in [2.05, 4.69) is 10.4 Å². The minimum atomic E-state index is -0.491. The molecule has 0 atom stereocenters. The predicted molar refractivity (Wildman–Crippen MR) is 95.6 cm³/mol. The highest BCUT2D eigenvalue weighted by Crippen LogP contribution is 2.26. The lowest BCUT2D eigenvalue weighted by atomic mass is 10.1. The van der Waals surface area contributed by atoms with Crippen LogP contribution in [0.25, 0.3) is 16.8 Å². The van der Waals surface area contributed by atoms with Crippen LogP contribution in [0.2, 0.25) is 0 Å². The number of furan rings is 1. The third-order valence-electron chi connectivity index (χ3n) is 3.91. The van der Waals surface area contributed by atoms with Gasteiger partial charge in [-0.25, -0.2) is 9.07 Å². The average Bonchev–Trinajstić information content (AvgIpc) is 3.34. The summed E-state index contributed by atoms with van der Waals surface area (Å²) in [6, 6.07) is 17.3. The lowest BCUT2D eigenvalue weighted by Crippen LogP contribution is -2.12. The van der Waals surface area contributed by atoms with Crippen molar-refractivity contribution in [1.82, 2.24) is 9.78 Å². The normalized spacial score (nSPS) is 10.7. The molecule has 6 heteroatoms. The molecule has 0 aliphatic carbocycles. The van der Waals surface area contributed by atoms with Crippen LogP contribution < -0.4 is 5.32 Å². The maximum Gasteiger partial charge on any atom is 0.292 e. The Kier molecular flexibility index (Phi) is 4.07. The zero-order valence-electron chi connectivity index (χ0n) is 13.6.